The van der Waals surface area contributed by atoms with Gasteiger partial charge in [-0.25, -0.2) is 0 Å². The van der Waals surface area contributed by atoms with Crippen LogP contribution in [-0.2, 0) is 6.42 Å². The van der Waals surface area contributed by atoms with Crippen molar-refractivity contribution in [1.29, 1.82) is 0 Å². The minimum atomic E-state index is 0. The lowest BCUT2D eigenvalue weighted by atomic mass is 10.0. The SMILES string of the molecule is COc1ccc2cc(Cc3cncc4cc(OC)c(OC)cc34)cnc2c1.Cl.Cl. The second-order valence-electron chi connectivity index (χ2n) is 6.31. The maximum Gasteiger partial charge on any atom is 0.161 e. The highest BCUT2D eigenvalue weighted by molar-refractivity contribution is 5.88. The Kier molecular flexibility index (Phi) is 7.48. The van der Waals surface area contributed by atoms with Crippen LogP contribution in [0.4, 0.5) is 0 Å². The van der Waals surface area contributed by atoms with Crippen LogP contribution in [0.15, 0.2) is 55.0 Å². The number of rotatable bonds is 5. The van der Waals surface area contributed by atoms with Gasteiger partial charge in [0, 0.05) is 41.9 Å². The number of aromatic nitrogens is 2. The van der Waals surface area contributed by atoms with E-state index in [0.29, 0.717) is 11.5 Å². The zero-order valence-corrected chi connectivity index (χ0v) is 18.0. The van der Waals surface area contributed by atoms with Gasteiger partial charge in [-0.1, -0.05) is 0 Å². The summed E-state index contributed by atoms with van der Waals surface area (Å²) in [6.07, 6.45) is 6.37. The molecule has 2 heterocycles. The van der Waals surface area contributed by atoms with Crippen LogP contribution in [0.3, 0.4) is 0 Å². The standard InChI is InChI=1S/C22H20N2O3.2ClH/c1-25-18-5-4-15-6-14(11-24-20(15)9-18)7-16-12-23-13-17-8-21(26-2)22(27-3)10-19(16)17;;/h4-6,8-13H,7H2,1-3H3;2*1H. The van der Waals surface area contributed by atoms with Crippen molar-refractivity contribution in [2.75, 3.05) is 21.3 Å². The summed E-state index contributed by atoms with van der Waals surface area (Å²) in [5.74, 6) is 2.22. The molecular formula is C22H22Cl2N2O3. The lowest BCUT2D eigenvalue weighted by molar-refractivity contribution is 0.356. The Balaban J connectivity index is 0.00000150. The maximum atomic E-state index is 5.46. The molecule has 2 aromatic carbocycles. The molecule has 0 radical (unpaired) electrons. The van der Waals surface area contributed by atoms with E-state index >= 15 is 0 Å². The number of ether oxygens (including phenoxy) is 3. The van der Waals surface area contributed by atoms with E-state index in [1.54, 1.807) is 21.3 Å². The van der Waals surface area contributed by atoms with Crippen LogP contribution in [-0.4, -0.2) is 31.3 Å². The first-order chi connectivity index (χ1) is 13.2. The van der Waals surface area contributed by atoms with E-state index < -0.39 is 0 Å². The molecule has 29 heavy (non-hydrogen) atoms. The monoisotopic (exact) mass is 432 g/mol. The van der Waals surface area contributed by atoms with E-state index in [9.17, 15) is 0 Å². The fraction of sp³-hybridized carbons (Fsp3) is 0.182. The summed E-state index contributed by atoms with van der Waals surface area (Å²) in [6, 6.07) is 12.0. The molecule has 0 aliphatic heterocycles. The van der Waals surface area contributed by atoms with E-state index in [1.165, 1.54) is 0 Å². The van der Waals surface area contributed by atoms with E-state index in [2.05, 4.69) is 16.0 Å². The average Bonchev–Trinajstić information content (AvgIpc) is 2.72. The van der Waals surface area contributed by atoms with Crippen molar-refractivity contribution in [2.45, 2.75) is 6.42 Å². The fourth-order valence-corrected chi connectivity index (χ4v) is 3.29. The Bertz CT molecular complexity index is 1140. The van der Waals surface area contributed by atoms with Gasteiger partial charge >= 0.3 is 0 Å². The number of hydrogen-bond donors (Lipinski definition) is 0. The van der Waals surface area contributed by atoms with Crippen molar-refractivity contribution in [1.82, 2.24) is 9.97 Å². The second kappa shape index (κ2) is 9.63. The predicted octanol–water partition coefficient (Wildman–Crippen LogP) is 5.24. The Morgan fingerprint density at radius 1 is 0.759 bits per heavy atom. The summed E-state index contributed by atoms with van der Waals surface area (Å²) < 4.78 is 16.1. The Morgan fingerprint density at radius 2 is 1.52 bits per heavy atom. The maximum absolute atomic E-state index is 5.46. The third-order valence-electron chi connectivity index (χ3n) is 4.69. The third-order valence-corrected chi connectivity index (χ3v) is 4.69. The van der Waals surface area contributed by atoms with Crippen molar-refractivity contribution in [2.24, 2.45) is 0 Å². The number of hydrogen-bond acceptors (Lipinski definition) is 5. The summed E-state index contributed by atoms with van der Waals surface area (Å²) in [7, 11) is 4.94. The second-order valence-corrected chi connectivity index (χ2v) is 6.31. The Hall–Kier alpha value is -2.76. The van der Waals surface area contributed by atoms with E-state index in [4.69, 9.17) is 14.2 Å². The third kappa shape index (κ3) is 4.47. The van der Waals surface area contributed by atoms with Gasteiger partial charge in [0.15, 0.2) is 11.5 Å². The van der Waals surface area contributed by atoms with Gasteiger partial charge in [0.1, 0.15) is 5.75 Å². The number of halogens is 2. The van der Waals surface area contributed by atoms with Gasteiger partial charge in [-0.05, 0) is 46.8 Å². The highest BCUT2D eigenvalue weighted by Gasteiger charge is 2.10. The molecule has 7 heteroatoms. The molecule has 0 amide bonds. The summed E-state index contributed by atoms with van der Waals surface area (Å²) in [6.45, 7) is 0. The molecule has 0 bridgehead atoms. The molecule has 2 aromatic heterocycles. The summed E-state index contributed by atoms with van der Waals surface area (Å²) in [4.78, 5) is 8.97. The summed E-state index contributed by atoms with van der Waals surface area (Å²) >= 11 is 0. The van der Waals surface area contributed by atoms with Gasteiger partial charge in [-0.3, -0.25) is 9.97 Å². The molecule has 0 saturated heterocycles. The first kappa shape index (κ1) is 22.5. The quantitative estimate of drug-likeness (QED) is 0.431. The van der Waals surface area contributed by atoms with E-state index in [0.717, 1.165) is 45.0 Å². The van der Waals surface area contributed by atoms with Crippen LogP contribution in [0.25, 0.3) is 21.7 Å². The molecule has 0 unspecified atom stereocenters. The van der Waals surface area contributed by atoms with E-state index in [1.807, 2.05) is 48.9 Å². The van der Waals surface area contributed by atoms with Gasteiger partial charge in [-0.2, -0.15) is 0 Å². The van der Waals surface area contributed by atoms with Crippen LogP contribution < -0.4 is 14.2 Å². The highest BCUT2D eigenvalue weighted by Crippen LogP contribution is 2.34. The molecule has 0 fully saturated rings. The predicted molar refractivity (Wildman–Crippen MR) is 120 cm³/mol. The van der Waals surface area contributed by atoms with Gasteiger partial charge < -0.3 is 14.2 Å². The molecule has 0 N–H and O–H groups in total. The first-order valence-corrected chi connectivity index (χ1v) is 8.63. The molecule has 4 rings (SSSR count). The summed E-state index contributed by atoms with van der Waals surface area (Å²) in [5, 5.41) is 3.20. The molecule has 0 spiro atoms. The highest BCUT2D eigenvalue weighted by atomic mass is 35.5. The molecule has 0 saturated carbocycles. The first-order valence-electron chi connectivity index (χ1n) is 8.63. The molecule has 0 aliphatic rings. The zero-order chi connectivity index (χ0) is 18.8. The van der Waals surface area contributed by atoms with Gasteiger partial charge in [0.2, 0.25) is 0 Å². The van der Waals surface area contributed by atoms with Crippen molar-refractivity contribution >= 4 is 46.5 Å². The zero-order valence-electron chi connectivity index (χ0n) is 16.3. The average molecular weight is 433 g/mol. The Morgan fingerprint density at radius 3 is 2.24 bits per heavy atom. The fourth-order valence-electron chi connectivity index (χ4n) is 3.29. The topological polar surface area (TPSA) is 53.5 Å². The molecule has 5 nitrogen and oxygen atoms in total. The van der Waals surface area contributed by atoms with Crippen LogP contribution in [0.2, 0.25) is 0 Å². The smallest absolute Gasteiger partial charge is 0.161 e. The van der Waals surface area contributed by atoms with Crippen LogP contribution in [0, 0.1) is 0 Å². The molecular weight excluding hydrogens is 411 g/mol. The number of nitrogens with zero attached hydrogens (tertiary/aromatic N) is 2. The van der Waals surface area contributed by atoms with Crippen LogP contribution in [0.1, 0.15) is 11.1 Å². The lowest BCUT2D eigenvalue weighted by Crippen LogP contribution is -1.96. The van der Waals surface area contributed by atoms with Gasteiger partial charge in [0.05, 0.1) is 26.8 Å². The Labute approximate surface area is 181 Å². The van der Waals surface area contributed by atoms with Crippen LogP contribution in [0.5, 0.6) is 17.2 Å². The molecule has 152 valence electrons. The van der Waals surface area contributed by atoms with Crippen molar-refractivity contribution < 1.29 is 14.2 Å². The van der Waals surface area contributed by atoms with Gasteiger partial charge in [0.25, 0.3) is 0 Å². The molecule has 0 aliphatic carbocycles. The van der Waals surface area contributed by atoms with E-state index in [-0.39, 0.29) is 24.8 Å². The minimum Gasteiger partial charge on any atom is -0.497 e. The summed E-state index contributed by atoms with van der Waals surface area (Å²) in [5.41, 5.74) is 3.15. The van der Waals surface area contributed by atoms with Crippen LogP contribution >= 0.6 is 24.8 Å². The molecule has 4 aromatic rings. The minimum absolute atomic E-state index is 0. The van der Waals surface area contributed by atoms with Crippen molar-refractivity contribution in [3.05, 3.63) is 66.1 Å². The van der Waals surface area contributed by atoms with Crippen molar-refractivity contribution in [3.8, 4) is 17.2 Å². The van der Waals surface area contributed by atoms with Crippen molar-refractivity contribution in [3.63, 3.8) is 0 Å². The number of pyridine rings is 2. The van der Waals surface area contributed by atoms with Gasteiger partial charge in [-0.15, -0.1) is 24.8 Å². The number of benzene rings is 2. The number of fused-ring (bicyclic) bond motifs is 2. The lowest BCUT2D eigenvalue weighted by Gasteiger charge is -2.12. The largest absolute Gasteiger partial charge is 0.497 e. The number of methoxy groups -OCH3 is 3. The molecule has 0 atom stereocenters. The normalized spacial score (nSPS) is 10.2.